The molecule has 0 spiro atoms. The van der Waals surface area contributed by atoms with Crippen LogP contribution in [0.1, 0.15) is 21.7 Å². The summed E-state index contributed by atoms with van der Waals surface area (Å²) in [5.74, 6) is -0.162. The van der Waals surface area contributed by atoms with E-state index in [-0.39, 0.29) is 18.4 Å². The number of H-pyrrole nitrogens is 1. The minimum atomic E-state index is -0.126. The van der Waals surface area contributed by atoms with E-state index in [1.165, 1.54) is 0 Å². The predicted molar refractivity (Wildman–Crippen MR) is 69.8 cm³/mol. The van der Waals surface area contributed by atoms with Gasteiger partial charge in [-0.05, 0) is 25.5 Å². The van der Waals surface area contributed by atoms with Gasteiger partial charge in [-0.2, -0.15) is 0 Å². The van der Waals surface area contributed by atoms with Gasteiger partial charge in [0, 0.05) is 19.3 Å². The minimum absolute atomic E-state index is 0.0358. The normalized spacial score (nSPS) is 15.4. The van der Waals surface area contributed by atoms with Crippen LogP contribution in [0.5, 0.6) is 0 Å². The number of aromatic amines is 1. The van der Waals surface area contributed by atoms with E-state index in [9.17, 15) is 9.59 Å². The summed E-state index contributed by atoms with van der Waals surface area (Å²) in [6.45, 7) is 5.26. The molecule has 0 saturated carbocycles. The van der Waals surface area contributed by atoms with E-state index in [1.807, 2.05) is 19.9 Å². The number of methoxy groups -OCH3 is 1. The Morgan fingerprint density at radius 3 is 2.79 bits per heavy atom. The highest BCUT2D eigenvalue weighted by molar-refractivity contribution is 5.97. The van der Waals surface area contributed by atoms with Crippen LogP contribution in [0, 0.1) is 13.8 Å². The van der Waals surface area contributed by atoms with Crippen LogP contribution in [0.2, 0.25) is 0 Å². The number of aromatic nitrogens is 1. The Bertz CT molecular complexity index is 495. The Morgan fingerprint density at radius 1 is 1.47 bits per heavy atom. The lowest BCUT2D eigenvalue weighted by Gasteiger charge is -2.17. The highest BCUT2D eigenvalue weighted by atomic mass is 16.5. The number of amides is 2. The molecule has 1 aromatic rings. The van der Waals surface area contributed by atoms with Gasteiger partial charge in [0.25, 0.3) is 5.91 Å². The number of carbonyl (C=O) groups excluding carboxylic acids is 2. The zero-order chi connectivity index (χ0) is 14.0. The molecule has 1 fully saturated rings. The quantitative estimate of drug-likeness (QED) is 0.863. The number of ether oxygens (including phenoxy) is 1. The molecule has 1 aliphatic rings. The number of aryl methyl sites for hydroxylation is 2. The van der Waals surface area contributed by atoms with E-state index in [0.29, 0.717) is 25.5 Å². The predicted octanol–water partition coefficient (Wildman–Crippen LogP) is 0.520. The van der Waals surface area contributed by atoms with E-state index < -0.39 is 0 Å². The Morgan fingerprint density at radius 2 is 2.21 bits per heavy atom. The monoisotopic (exact) mass is 265 g/mol. The fraction of sp³-hybridized carbons (Fsp3) is 0.538. The number of hydrogen-bond donors (Lipinski definition) is 1. The lowest BCUT2D eigenvalue weighted by atomic mass is 10.2. The molecule has 0 aromatic carbocycles. The van der Waals surface area contributed by atoms with Crippen molar-refractivity contribution in [3.8, 4) is 0 Å². The maximum absolute atomic E-state index is 12.3. The number of nitrogens with zero attached hydrogens (tertiary/aromatic N) is 2. The highest BCUT2D eigenvalue weighted by Gasteiger charge is 2.31. The summed E-state index contributed by atoms with van der Waals surface area (Å²) in [5, 5.41) is 0. The fourth-order valence-corrected chi connectivity index (χ4v) is 2.24. The number of carbonyl (C=O) groups is 2. The smallest absolute Gasteiger partial charge is 0.272 e. The summed E-state index contributed by atoms with van der Waals surface area (Å²) in [6.07, 6.45) is 0. The first-order valence-electron chi connectivity index (χ1n) is 6.25. The average molecular weight is 265 g/mol. The number of hydrogen-bond acceptors (Lipinski definition) is 3. The molecular formula is C13H19N3O3. The van der Waals surface area contributed by atoms with Crippen molar-refractivity contribution in [2.24, 2.45) is 0 Å². The molecule has 2 amide bonds. The summed E-state index contributed by atoms with van der Waals surface area (Å²) < 4.78 is 4.95. The summed E-state index contributed by atoms with van der Waals surface area (Å²) in [7, 11) is 1.59. The molecule has 1 aromatic heterocycles. The van der Waals surface area contributed by atoms with E-state index in [1.54, 1.807) is 16.9 Å². The van der Waals surface area contributed by atoms with Gasteiger partial charge >= 0.3 is 0 Å². The van der Waals surface area contributed by atoms with E-state index in [0.717, 1.165) is 11.3 Å². The molecule has 1 aliphatic heterocycles. The van der Waals surface area contributed by atoms with Crippen LogP contribution in [-0.2, 0) is 9.53 Å². The first kappa shape index (κ1) is 13.6. The van der Waals surface area contributed by atoms with Crippen LogP contribution in [0.3, 0.4) is 0 Å². The van der Waals surface area contributed by atoms with Gasteiger partial charge in [0.05, 0.1) is 13.3 Å². The molecule has 0 unspecified atom stereocenters. The van der Waals surface area contributed by atoms with E-state index in [2.05, 4.69) is 4.98 Å². The summed E-state index contributed by atoms with van der Waals surface area (Å²) in [4.78, 5) is 30.3. The number of nitrogens with one attached hydrogen (secondary N) is 1. The number of rotatable bonds is 4. The molecule has 2 rings (SSSR count). The van der Waals surface area contributed by atoms with Gasteiger partial charge in [-0.25, -0.2) is 0 Å². The third-order valence-corrected chi connectivity index (χ3v) is 3.24. The maximum atomic E-state index is 12.3. The van der Waals surface area contributed by atoms with E-state index in [4.69, 9.17) is 4.74 Å². The third kappa shape index (κ3) is 2.78. The van der Waals surface area contributed by atoms with Crippen LogP contribution in [0.25, 0.3) is 0 Å². The zero-order valence-electron chi connectivity index (χ0n) is 11.5. The molecule has 6 heteroatoms. The Balaban J connectivity index is 2.05. The van der Waals surface area contributed by atoms with Crippen molar-refractivity contribution in [1.82, 2.24) is 14.8 Å². The van der Waals surface area contributed by atoms with Gasteiger partial charge in [-0.3, -0.25) is 9.59 Å². The standard InChI is InChI=1S/C13H19N3O3/c1-9-6-10(2)14-12(9)13(18)16-7-11(17)15(8-16)4-5-19-3/h6,14H,4-5,7-8H2,1-3H3. The zero-order valence-corrected chi connectivity index (χ0v) is 11.5. The Labute approximate surface area is 112 Å². The summed E-state index contributed by atoms with van der Waals surface area (Å²) in [5.41, 5.74) is 2.42. The summed E-state index contributed by atoms with van der Waals surface area (Å²) in [6, 6.07) is 1.92. The van der Waals surface area contributed by atoms with E-state index >= 15 is 0 Å². The molecule has 1 N–H and O–H groups in total. The van der Waals surface area contributed by atoms with Crippen molar-refractivity contribution in [1.29, 1.82) is 0 Å². The Kier molecular flexibility index (Phi) is 3.90. The molecule has 6 nitrogen and oxygen atoms in total. The average Bonchev–Trinajstić information content (AvgIpc) is 2.89. The van der Waals surface area contributed by atoms with Crippen molar-refractivity contribution in [3.63, 3.8) is 0 Å². The molecule has 104 valence electrons. The molecule has 0 bridgehead atoms. The lowest BCUT2D eigenvalue weighted by molar-refractivity contribution is -0.127. The topological polar surface area (TPSA) is 65.6 Å². The third-order valence-electron chi connectivity index (χ3n) is 3.24. The van der Waals surface area contributed by atoms with Crippen molar-refractivity contribution < 1.29 is 14.3 Å². The van der Waals surface area contributed by atoms with Gasteiger partial charge in [0.1, 0.15) is 12.2 Å². The van der Waals surface area contributed by atoms with Gasteiger partial charge in [-0.15, -0.1) is 0 Å². The van der Waals surface area contributed by atoms with Gasteiger partial charge < -0.3 is 19.5 Å². The molecule has 1 saturated heterocycles. The van der Waals surface area contributed by atoms with Crippen LogP contribution >= 0.6 is 0 Å². The largest absolute Gasteiger partial charge is 0.383 e. The first-order valence-corrected chi connectivity index (χ1v) is 6.25. The Hall–Kier alpha value is -1.82. The second kappa shape index (κ2) is 5.44. The molecule has 0 aliphatic carbocycles. The van der Waals surface area contributed by atoms with Gasteiger partial charge in [0.15, 0.2) is 0 Å². The molecule has 0 atom stereocenters. The minimum Gasteiger partial charge on any atom is -0.383 e. The molecule has 0 radical (unpaired) electrons. The molecule has 19 heavy (non-hydrogen) atoms. The highest BCUT2D eigenvalue weighted by Crippen LogP contribution is 2.15. The van der Waals surface area contributed by atoms with Crippen LogP contribution in [0.4, 0.5) is 0 Å². The van der Waals surface area contributed by atoms with Gasteiger partial charge in [0.2, 0.25) is 5.91 Å². The first-order chi connectivity index (χ1) is 9.02. The van der Waals surface area contributed by atoms with Crippen molar-refractivity contribution in [3.05, 3.63) is 23.0 Å². The van der Waals surface area contributed by atoms with Gasteiger partial charge in [-0.1, -0.05) is 0 Å². The molecule has 2 heterocycles. The second-order valence-corrected chi connectivity index (χ2v) is 4.80. The SMILES string of the molecule is COCCN1CN(C(=O)c2[nH]c(C)cc2C)CC1=O. The lowest BCUT2D eigenvalue weighted by Crippen LogP contribution is -2.33. The summed E-state index contributed by atoms with van der Waals surface area (Å²) >= 11 is 0. The van der Waals surface area contributed by atoms with Crippen molar-refractivity contribution >= 4 is 11.8 Å². The van der Waals surface area contributed by atoms with Crippen molar-refractivity contribution in [2.75, 3.05) is 33.5 Å². The van der Waals surface area contributed by atoms with Crippen molar-refractivity contribution in [2.45, 2.75) is 13.8 Å². The van der Waals surface area contributed by atoms with Crippen LogP contribution < -0.4 is 0 Å². The maximum Gasteiger partial charge on any atom is 0.272 e. The fourth-order valence-electron chi connectivity index (χ4n) is 2.24. The van der Waals surface area contributed by atoms with Crippen LogP contribution in [-0.4, -0.2) is 60.1 Å². The molecular weight excluding hydrogens is 246 g/mol. The van der Waals surface area contributed by atoms with Crippen LogP contribution in [0.15, 0.2) is 6.07 Å². The second-order valence-electron chi connectivity index (χ2n) is 4.80.